The molecule has 22 heavy (non-hydrogen) atoms. The molecule has 4 saturated carbocycles. The molecule has 0 radical (unpaired) electrons. The molecule has 0 aliphatic heterocycles. The van der Waals surface area contributed by atoms with Crippen LogP contribution in [0.25, 0.3) is 0 Å². The molecular weight excluding hydrogens is 280 g/mol. The lowest BCUT2D eigenvalue weighted by Crippen LogP contribution is -2.49. The van der Waals surface area contributed by atoms with E-state index in [0.29, 0.717) is 5.56 Å². The van der Waals surface area contributed by atoms with Crippen LogP contribution in [0.15, 0.2) is 24.5 Å². The van der Waals surface area contributed by atoms with Crippen molar-refractivity contribution in [1.82, 2.24) is 4.98 Å². The number of aliphatic carboxylic acids is 1. The average molecular weight is 302 g/mol. The summed E-state index contributed by atoms with van der Waals surface area (Å²) in [5.41, 5.74) is 5.09. The van der Waals surface area contributed by atoms with Crippen LogP contribution in [0.5, 0.6) is 0 Å². The van der Waals surface area contributed by atoms with Crippen LogP contribution >= 0.6 is 0 Å². The fourth-order valence-electron chi connectivity index (χ4n) is 4.88. The van der Waals surface area contributed by atoms with Crippen LogP contribution in [0.2, 0.25) is 0 Å². The average Bonchev–Trinajstić information content (AvgIpc) is 2.47. The van der Waals surface area contributed by atoms with Crippen molar-refractivity contribution in [3.05, 3.63) is 30.1 Å². The lowest BCUT2D eigenvalue weighted by Gasteiger charge is -2.54. The van der Waals surface area contributed by atoms with Crippen molar-refractivity contribution in [1.29, 1.82) is 0 Å². The molecule has 1 aromatic heterocycles. The molecule has 0 unspecified atom stereocenters. The number of hydrogen-bond acceptors (Lipinski definition) is 3. The zero-order chi connectivity index (χ0) is 15.7. The van der Waals surface area contributed by atoms with Gasteiger partial charge in [-0.15, -0.1) is 0 Å². The zero-order valence-corrected chi connectivity index (χ0v) is 12.6. The molecule has 3 N–H and O–H groups in total. The maximum atomic E-state index is 11.3. The second-order valence-electron chi connectivity index (χ2n) is 7.11. The highest BCUT2D eigenvalue weighted by Gasteiger charge is 2.54. The van der Waals surface area contributed by atoms with Crippen molar-refractivity contribution in [2.75, 3.05) is 0 Å². The SMILES string of the molecule is NC(=O)c1cccnc1.O=C(O)C12CC3CC(CC(C3)C1)C2. The van der Waals surface area contributed by atoms with Crippen molar-refractivity contribution >= 4 is 11.9 Å². The van der Waals surface area contributed by atoms with Crippen LogP contribution in [-0.4, -0.2) is 22.0 Å². The number of aromatic nitrogens is 1. The van der Waals surface area contributed by atoms with E-state index in [0.717, 1.165) is 37.0 Å². The zero-order valence-electron chi connectivity index (χ0n) is 12.6. The van der Waals surface area contributed by atoms with Crippen molar-refractivity contribution in [2.24, 2.45) is 28.9 Å². The van der Waals surface area contributed by atoms with Gasteiger partial charge in [0.2, 0.25) is 5.91 Å². The molecule has 5 heteroatoms. The number of nitrogens with zero attached hydrogens (tertiary/aromatic N) is 1. The van der Waals surface area contributed by atoms with Crippen molar-refractivity contribution in [2.45, 2.75) is 38.5 Å². The molecule has 1 heterocycles. The lowest BCUT2D eigenvalue weighted by molar-refractivity contribution is -0.164. The van der Waals surface area contributed by atoms with Gasteiger partial charge in [0.15, 0.2) is 0 Å². The van der Waals surface area contributed by atoms with Crippen molar-refractivity contribution in [3.63, 3.8) is 0 Å². The number of amides is 1. The van der Waals surface area contributed by atoms with Gasteiger partial charge in [-0.3, -0.25) is 14.6 Å². The molecule has 0 atom stereocenters. The van der Waals surface area contributed by atoms with Crippen LogP contribution < -0.4 is 5.73 Å². The Labute approximate surface area is 129 Å². The topological polar surface area (TPSA) is 93.3 Å². The number of carbonyl (C=O) groups excluding carboxylic acids is 1. The van der Waals surface area contributed by atoms with Gasteiger partial charge in [0, 0.05) is 12.4 Å². The number of carboxylic acids is 1. The van der Waals surface area contributed by atoms with Crippen LogP contribution in [0.4, 0.5) is 0 Å². The number of nitrogens with two attached hydrogens (primary N) is 1. The summed E-state index contributed by atoms with van der Waals surface area (Å²) in [5.74, 6) is 1.31. The van der Waals surface area contributed by atoms with E-state index in [2.05, 4.69) is 4.98 Å². The first kappa shape index (κ1) is 15.0. The third-order valence-corrected chi connectivity index (χ3v) is 5.44. The van der Waals surface area contributed by atoms with Crippen molar-refractivity contribution < 1.29 is 14.7 Å². The summed E-state index contributed by atoms with van der Waals surface area (Å²) in [4.78, 5) is 25.3. The molecule has 0 spiro atoms. The van der Waals surface area contributed by atoms with Crippen LogP contribution in [0.1, 0.15) is 48.9 Å². The summed E-state index contributed by atoms with van der Waals surface area (Å²) in [6.07, 6.45) is 9.94. The summed E-state index contributed by atoms with van der Waals surface area (Å²) in [7, 11) is 0. The Morgan fingerprint density at radius 1 is 1.14 bits per heavy atom. The number of hydrogen-bond donors (Lipinski definition) is 2. The summed E-state index contributed by atoms with van der Waals surface area (Å²) < 4.78 is 0. The standard InChI is InChI=1S/C11H16O2.C6H6N2O/c12-10(13)11-4-7-1-8(5-11)3-9(2-7)6-11;7-6(9)5-2-1-3-8-4-5/h7-9H,1-6H2,(H,12,13);1-4H,(H2,7,9). The summed E-state index contributed by atoms with van der Waals surface area (Å²) in [6.45, 7) is 0. The summed E-state index contributed by atoms with van der Waals surface area (Å²) >= 11 is 0. The van der Waals surface area contributed by atoms with E-state index in [1.54, 1.807) is 18.3 Å². The van der Waals surface area contributed by atoms with E-state index in [1.807, 2.05) is 0 Å². The van der Waals surface area contributed by atoms with Gasteiger partial charge in [-0.25, -0.2) is 0 Å². The van der Waals surface area contributed by atoms with Gasteiger partial charge < -0.3 is 10.8 Å². The highest BCUT2D eigenvalue weighted by atomic mass is 16.4. The van der Waals surface area contributed by atoms with E-state index < -0.39 is 11.9 Å². The van der Waals surface area contributed by atoms with Gasteiger partial charge in [0.25, 0.3) is 0 Å². The highest BCUT2D eigenvalue weighted by Crippen LogP contribution is 2.59. The van der Waals surface area contributed by atoms with Gasteiger partial charge in [-0.2, -0.15) is 0 Å². The molecule has 1 amide bonds. The fourth-order valence-corrected chi connectivity index (χ4v) is 4.88. The minimum absolute atomic E-state index is 0.283. The van der Waals surface area contributed by atoms with E-state index in [-0.39, 0.29) is 5.41 Å². The van der Waals surface area contributed by atoms with Gasteiger partial charge in [0.05, 0.1) is 11.0 Å². The predicted octanol–water partition coefficient (Wildman–Crippen LogP) is 2.47. The first-order valence-corrected chi connectivity index (χ1v) is 7.92. The van der Waals surface area contributed by atoms with E-state index in [1.165, 1.54) is 25.5 Å². The van der Waals surface area contributed by atoms with Gasteiger partial charge in [-0.1, -0.05) is 0 Å². The molecular formula is C17H22N2O3. The minimum atomic E-state index is -0.508. The predicted molar refractivity (Wildman–Crippen MR) is 81.0 cm³/mol. The third-order valence-electron chi connectivity index (χ3n) is 5.44. The Morgan fingerprint density at radius 2 is 1.68 bits per heavy atom. The maximum Gasteiger partial charge on any atom is 0.309 e. The largest absolute Gasteiger partial charge is 0.481 e. The fraction of sp³-hybridized carbons (Fsp3) is 0.588. The summed E-state index contributed by atoms with van der Waals surface area (Å²) in [5, 5.41) is 9.28. The molecule has 4 bridgehead atoms. The molecule has 0 aromatic carbocycles. The number of carboxylic acid groups (broad SMARTS) is 1. The first-order chi connectivity index (χ1) is 10.5. The monoisotopic (exact) mass is 302 g/mol. The van der Waals surface area contributed by atoms with Gasteiger partial charge in [0.1, 0.15) is 0 Å². The quantitative estimate of drug-likeness (QED) is 0.877. The second kappa shape index (κ2) is 5.71. The lowest BCUT2D eigenvalue weighted by atomic mass is 9.49. The summed E-state index contributed by atoms with van der Waals surface area (Å²) in [6, 6.07) is 3.29. The molecule has 1 aromatic rings. The molecule has 4 aliphatic rings. The maximum absolute atomic E-state index is 11.3. The molecule has 4 fully saturated rings. The molecule has 118 valence electrons. The molecule has 4 aliphatic carbocycles. The van der Waals surface area contributed by atoms with E-state index >= 15 is 0 Å². The molecule has 5 nitrogen and oxygen atoms in total. The minimum Gasteiger partial charge on any atom is -0.481 e. The van der Waals surface area contributed by atoms with Crippen LogP contribution in [0, 0.1) is 23.2 Å². The van der Waals surface area contributed by atoms with Crippen molar-refractivity contribution in [3.8, 4) is 0 Å². The molecule has 5 rings (SSSR count). The molecule has 0 saturated heterocycles. The van der Waals surface area contributed by atoms with Crippen LogP contribution in [0.3, 0.4) is 0 Å². The Bertz CT molecular complexity index is 535. The third kappa shape index (κ3) is 2.85. The Kier molecular flexibility index (Phi) is 3.89. The number of primary amides is 1. The van der Waals surface area contributed by atoms with Gasteiger partial charge >= 0.3 is 5.97 Å². The second-order valence-corrected chi connectivity index (χ2v) is 7.11. The highest BCUT2D eigenvalue weighted by molar-refractivity contribution is 5.92. The first-order valence-electron chi connectivity index (χ1n) is 7.92. The smallest absolute Gasteiger partial charge is 0.309 e. The Hall–Kier alpha value is -1.91. The Morgan fingerprint density at radius 3 is 2.00 bits per heavy atom. The number of carbonyl (C=O) groups is 2. The number of rotatable bonds is 2. The van der Waals surface area contributed by atoms with Crippen LogP contribution in [-0.2, 0) is 4.79 Å². The van der Waals surface area contributed by atoms with E-state index in [4.69, 9.17) is 5.73 Å². The Balaban J connectivity index is 0.000000142. The number of pyridine rings is 1. The van der Waals surface area contributed by atoms with E-state index in [9.17, 15) is 14.7 Å². The normalized spacial score (nSPS) is 34.6. The van der Waals surface area contributed by atoms with Gasteiger partial charge in [-0.05, 0) is 68.4 Å².